The van der Waals surface area contributed by atoms with Crippen molar-refractivity contribution >= 4 is 22.8 Å². The Morgan fingerprint density at radius 2 is 1.94 bits per heavy atom. The Bertz CT molecular complexity index is 602. The topological polar surface area (TPSA) is 26.3 Å². The molecule has 0 saturated heterocycles. The molecule has 0 unspecified atom stereocenters. The summed E-state index contributed by atoms with van der Waals surface area (Å²) >= 11 is 0. The third-order valence-corrected chi connectivity index (χ3v) is 2.54. The molecule has 0 bridgehead atoms. The van der Waals surface area contributed by atoms with Gasteiger partial charge in [0.2, 0.25) is 5.83 Å². The molecule has 92 valence electrons. The molecule has 18 heavy (non-hydrogen) atoms. The summed E-state index contributed by atoms with van der Waals surface area (Å²) in [4.78, 5) is 11.1. The number of carbonyl (C=O) groups excluding carboxylic acids is 1. The molecule has 2 aromatic carbocycles. The lowest BCUT2D eigenvalue weighted by Crippen LogP contribution is -2.03. The monoisotopic (exact) mass is 244 g/mol. The van der Waals surface area contributed by atoms with Crippen LogP contribution in [0.25, 0.3) is 16.8 Å². The van der Waals surface area contributed by atoms with Gasteiger partial charge in [0.1, 0.15) is 0 Å². The van der Waals surface area contributed by atoms with Crippen LogP contribution < -0.4 is 0 Å². The molecule has 0 atom stereocenters. The van der Waals surface area contributed by atoms with Crippen molar-refractivity contribution in [2.45, 2.75) is 6.92 Å². The van der Waals surface area contributed by atoms with E-state index in [2.05, 4.69) is 4.74 Å². The average molecular weight is 244 g/mol. The summed E-state index contributed by atoms with van der Waals surface area (Å²) < 4.78 is 18.0. The first kappa shape index (κ1) is 12.3. The SMILES string of the molecule is CCOC(=O)/C(F)=C\c1ccc2ccccc2c1. The van der Waals surface area contributed by atoms with E-state index in [1.54, 1.807) is 13.0 Å². The molecule has 2 rings (SSSR count). The molecule has 0 aliphatic heterocycles. The van der Waals surface area contributed by atoms with Crippen LogP contribution in [0.1, 0.15) is 12.5 Å². The molecule has 0 aromatic heterocycles. The van der Waals surface area contributed by atoms with Gasteiger partial charge in [0.25, 0.3) is 0 Å². The van der Waals surface area contributed by atoms with Gasteiger partial charge in [-0.3, -0.25) is 0 Å². The van der Waals surface area contributed by atoms with E-state index in [4.69, 9.17) is 0 Å². The molecular formula is C15H13FO2. The molecule has 0 saturated carbocycles. The third-order valence-electron chi connectivity index (χ3n) is 2.54. The third kappa shape index (κ3) is 2.74. The van der Waals surface area contributed by atoms with Crippen molar-refractivity contribution in [3.8, 4) is 0 Å². The van der Waals surface area contributed by atoms with Crippen molar-refractivity contribution in [3.05, 3.63) is 53.9 Å². The van der Waals surface area contributed by atoms with Crippen LogP contribution in [0.4, 0.5) is 4.39 Å². The molecule has 3 heteroatoms. The second kappa shape index (κ2) is 5.45. The number of halogens is 1. The van der Waals surface area contributed by atoms with Crippen LogP contribution in [0.3, 0.4) is 0 Å². The van der Waals surface area contributed by atoms with E-state index in [9.17, 15) is 9.18 Å². The highest BCUT2D eigenvalue weighted by Crippen LogP contribution is 2.18. The molecule has 0 aliphatic rings. The minimum Gasteiger partial charge on any atom is -0.461 e. The van der Waals surface area contributed by atoms with Crippen molar-refractivity contribution in [2.75, 3.05) is 6.61 Å². The van der Waals surface area contributed by atoms with Gasteiger partial charge in [0.05, 0.1) is 6.61 Å². The van der Waals surface area contributed by atoms with E-state index in [-0.39, 0.29) is 6.61 Å². The van der Waals surface area contributed by atoms with E-state index in [0.29, 0.717) is 5.56 Å². The number of carbonyl (C=O) groups is 1. The highest BCUT2D eigenvalue weighted by molar-refractivity contribution is 5.92. The fourth-order valence-corrected chi connectivity index (χ4v) is 1.70. The second-order valence-electron chi connectivity index (χ2n) is 3.82. The average Bonchev–Trinajstić information content (AvgIpc) is 2.39. The molecular weight excluding hydrogens is 231 g/mol. The van der Waals surface area contributed by atoms with Crippen molar-refractivity contribution in [2.24, 2.45) is 0 Å². The Morgan fingerprint density at radius 1 is 1.22 bits per heavy atom. The molecule has 0 fully saturated rings. The zero-order valence-corrected chi connectivity index (χ0v) is 10.0. The smallest absolute Gasteiger partial charge is 0.367 e. The predicted molar refractivity (Wildman–Crippen MR) is 69.7 cm³/mol. The number of rotatable bonds is 3. The number of benzene rings is 2. The maximum Gasteiger partial charge on any atom is 0.367 e. The summed E-state index contributed by atoms with van der Waals surface area (Å²) in [6.07, 6.45) is 1.18. The minimum atomic E-state index is -0.925. The molecule has 2 aromatic rings. The van der Waals surface area contributed by atoms with Gasteiger partial charge < -0.3 is 4.74 Å². The molecule has 2 nitrogen and oxygen atoms in total. The van der Waals surface area contributed by atoms with Gasteiger partial charge in [-0.15, -0.1) is 0 Å². The van der Waals surface area contributed by atoms with E-state index in [1.165, 1.54) is 6.08 Å². The summed E-state index contributed by atoms with van der Waals surface area (Å²) in [5, 5.41) is 2.08. The predicted octanol–water partition coefficient (Wildman–Crippen LogP) is 3.71. The Kier molecular flexibility index (Phi) is 3.72. The lowest BCUT2D eigenvalue weighted by molar-refractivity contribution is -0.140. The van der Waals surface area contributed by atoms with Crippen molar-refractivity contribution in [1.82, 2.24) is 0 Å². The van der Waals surface area contributed by atoms with E-state index < -0.39 is 11.8 Å². The summed E-state index contributed by atoms with van der Waals surface area (Å²) in [5.41, 5.74) is 0.638. The summed E-state index contributed by atoms with van der Waals surface area (Å²) in [7, 11) is 0. The Hall–Kier alpha value is -2.16. The van der Waals surface area contributed by atoms with E-state index in [1.807, 2.05) is 36.4 Å². The van der Waals surface area contributed by atoms with E-state index in [0.717, 1.165) is 10.8 Å². The van der Waals surface area contributed by atoms with E-state index >= 15 is 0 Å². The number of esters is 1. The molecule has 0 aliphatic carbocycles. The minimum absolute atomic E-state index is 0.164. The Labute approximate surface area is 105 Å². The van der Waals surface area contributed by atoms with Crippen molar-refractivity contribution in [1.29, 1.82) is 0 Å². The quantitative estimate of drug-likeness (QED) is 0.607. The van der Waals surface area contributed by atoms with Gasteiger partial charge in [0.15, 0.2) is 0 Å². The highest BCUT2D eigenvalue weighted by Gasteiger charge is 2.09. The van der Waals surface area contributed by atoms with Gasteiger partial charge in [0, 0.05) is 0 Å². The Morgan fingerprint density at radius 3 is 2.67 bits per heavy atom. The van der Waals surface area contributed by atoms with Gasteiger partial charge >= 0.3 is 5.97 Å². The van der Waals surface area contributed by atoms with Crippen LogP contribution in [0.2, 0.25) is 0 Å². The van der Waals surface area contributed by atoms with Crippen LogP contribution in [-0.2, 0) is 9.53 Å². The number of ether oxygens (including phenoxy) is 1. The van der Waals surface area contributed by atoms with Crippen LogP contribution in [-0.4, -0.2) is 12.6 Å². The van der Waals surface area contributed by atoms with Crippen LogP contribution in [0.15, 0.2) is 48.3 Å². The molecule has 0 spiro atoms. The standard InChI is InChI=1S/C15H13FO2/c1-2-18-15(17)14(16)10-11-7-8-12-5-3-4-6-13(12)9-11/h3-10H,2H2,1H3/b14-10+. The second-order valence-corrected chi connectivity index (χ2v) is 3.82. The number of hydrogen-bond acceptors (Lipinski definition) is 2. The first-order valence-electron chi connectivity index (χ1n) is 5.74. The fraction of sp³-hybridized carbons (Fsp3) is 0.133. The highest BCUT2D eigenvalue weighted by atomic mass is 19.1. The molecule has 0 radical (unpaired) electrons. The normalized spacial score (nSPS) is 11.6. The lowest BCUT2D eigenvalue weighted by Gasteiger charge is -2.01. The molecule has 0 N–H and O–H groups in total. The maximum absolute atomic E-state index is 13.5. The lowest BCUT2D eigenvalue weighted by atomic mass is 10.1. The van der Waals surface area contributed by atoms with Gasteiger partial charge in [-0.25, -0.2) is 4.79 Å². The summed E-state index contributed by atoms with van der Waals surface area (Å²) in [6, 6.07) is 13.3. The van der Waals surface area contributed by atoms with Crippen LogP contribution in [0, 0.1) is 0 Å². The fourth-order valence-electron chi connectivity index (χ4n) is 1.70. The largest absolute Gasteiger partial charge is 0.461 e. The Balaban J connectivity index is 2.31. The summed E-state index contributed by atoms with van der Waals surface area (Å²) in [6.45, 7) is 1.80. The van der Waals surface area contributed by atoms with Gasteiger partial charge in [-0.1, -0.05) is 36.4 Å². The number of hydrogen-bond donors (Lipinski definition) is 0. The van der Waals surface area contributed by atoms with Crippen LogP contribution >= 0.6 is 0 Å². The zero-order valence-electron chi connectivity index (χ0n) is 10.0. The number of fused-ring (bicyclic) bond motifs is 1. The first-order valence-corrected chi connectivity index (χ1v) is 5.74. The summed E-state index contributed by atoms with van der Waals surface area (Å²) in [5.74, 6) is -1.81. The van der Waals surface area contributed by atoms with Gasteiger partial charge in [-0.2, -0.15) is 4.39 Å². The molecule has 0 heterocycles. The van der Waals surface area contributed by atoms with Gasteiger partial charge in [-0.05, 0) is 35.4 Å². The van der Waals surface area contributed by atoms with Crippen LogP contribution in [0.5, 0.6) is 0 Å². The molecule has 0 amide bonds. The maximum atomic E-state index is 13.5. The van der Waals surface area contributed by atoms with Crippen molar-refractivity contribution < 1.29 is 13.9 Å². The van der Waals surface area contributed by atoms with Crippen molar-refractivity contribution in [3.63, 3.8) is 0 Å². The first-order chi connectivity index (χ1) is 8.70. The zero-order chi connectivity index (χ0) is 13.0.